The van der Waals surface area contributed by atoms with Gasteiger partial charge in [0.2, 0.25) is 0 Å². The number of halogens is 1. The zero-order chi connectivity index (χ0) is 20.1. The van der Waals surface area contributed by atoms with Crippen LogP contribution in [0.4, 0.5) is 0 Å². The van der Waals surface area contributed by atoms with E-state index < -0.39 is 0 Å². The number of rotatable bonds is 5. The van der Waals surface area contributed by atoms with Crippen molar-refractivity contribution in [2.24, 2.45) is 46.3 Å². The van der Waals surface area contributed by atoms with Crippen LogP contribution < -0.4 is 0 Å². The Bertz CT molecular complexity index is 591. The summed E-state index contributed by atoms with van der Waals surface area (Å²) in [5.74, 6) is 5.62. The van der Waals surface area contributed by atoms with Crippen molar-refractivity contribution in [1.82, 2.24) is 0 Å². The summed E-state index contributed by atoms with van der Waals surface area (Å²) in [6, 6.07) is 0. The molecule has 4 rings (SSSR count). The summed E-state index contributed by atoms with van der Waals surface area (Å²) < 4.78 is 0. The lowest BCUT2D eigenvalue weighted by atomic mass is 9.47. The van der Waals surface area contributed by atoms with Gasteiger partial charge in [0.1, 0.15) is 0 Å². The Balaban J connectivity index is 1.49. The minimum absolute atomic E-state index is 0.396. The molecule has 0 bridgehead atoms. The third-order valence-electron chi connectivity index (χ3n) is 10.2. The van der Waals surface area contributed by atoms with Crippen LogP contribution in [-0.2, 0) is 0 Å². The maximum absolute atomic E-state index is 6.56. The minimum atomic E-state index is 0.396. The first kappa shape index (κ1) is 21.3. The highest BCUT2D eigenvalue weighted by molar-refractivity contribution is 6.20. The van der Waals surface area contributed by atoms with E-state index in [1.165, 1.54) is 70.6 Å². The van der Waals surface area contributed by atoms with E-state index >= 15 is 0 Å². The van der Waals surface area contributed by atoms with Crippen molar-refractivity contribution in [3.8, 4) is 0 Å². The average molecular weight is 405 g/mol. The molecule has 0 amide bonds. The monoisotopic (exact) mass is 404 g/mol. The molecule has 28 heavy (non-hydrogen) atoms. The van der Waals surface area contributed by atoms with Crippen molar-refractivity contribution in [3.63, 3.8) is 0 Å². The molecule has 1 heteroatoms. The molecule has 0 heterocycles. The molecule has 0 aliphatic heterocycles. The van der Waals surface area contributed by atoms with Crippen LogP contribution in [0.15, 0.2) is 11.6 Å². The zero-order valence-electron chi connectivity index (χ0n) is 19.3. The van der Waals surface area contributed by atoms with Gasteiger partial charge in [0.15, 0.2) is 0 Å². The molecule has 160 valence electrons. The predicted octanol–water partition coefficient (Wildman–Crippen LogP) is 8.64. The lowest BCUT2D eigenvalue weighted by Gasteiger charge is -2.58. The Hall–Kier alpha value is 0.0300. The molecule has 0 N–H and O–H groups in total. The van der Waals surface area contributed by atoms with Gasteiger partial charge in [0, 0.05) is 5.38 Å². The van der Waals surface area contributed by atoms with Crippen LogP contribution in [0, 0.1) is 46.3 Å². The first-order valence-electron chi connectivity index (χ1n) is 12.6. The molecule has 4 aliphatic rings. The second-order valence-corrected chi connectivity index (χ2v) is 12.7. The fraction of sp³-hybridized carbons (Fsp3) is 0.926. The first-order valence-corrected chi connectivity index (χ1v) is 13.0. The summed E-state index contributed by atoms with van der Waals surface area (Å²) in [4.78, 5) is 0. The molecular formula is C27H45Cl. The maximum Gasteiger partial charge on any atom is 0.0373 e. The maximum atomic E-state index is 6.56. The highest BCUT2D eigenvalue weighted by atomic mass is 35.5. The molecule has 0 saturated heterocycles. The molecule has 0 aromatic carbocycles. The van der Waals surface area contributed by atoms with Crippen molar-refractivity contribution in [1.29, 1.82) is 0 Å². The smallest absolute Gasteiger partial charge is 0.0373 e. The number of alkyl halides is 1. The SMILES string of the molecule is CC(C)CCCC(C)C1CCC2C3CC=C4CC(Cl)CCC4(C)C3CCC12C. The Kier molecular flexibility index (Phi) is 6.03. The van der Waals surface area contributed by atoms with Crippen LogP contribution in [0.3, 0.4) is 0 Å². The summed E-state index contributed by atoms with van der Waals surface area (Å²) in [6.07, 6.45) is 18.0. The summed E-state index contributed by atoms with van der Waals surface area (Å²) in [6.45, 7) is 12.7. The Morgan fingerprint density at radius 2 is 1.79 bits per heavy atom. The van der Waals surface area contributed by atoms with Gasteiger partial charge in [-0.05, 0) is 97.7 Å². The summed E-state index contributed by atoms with van der Waals surface area (Å²) in [5.41, 5.74) is 2.82. The van der Waals surface area contributed by atoms with Gasteiger partial charge in [-0.1, -0.05) is 65.5 Å². The highest BCUT2D eigenvalue weighted by Gasteiger charge is 2.58. The molecule has 0 aromatic heterocycles. The largest absolute Gasteiger partial charge is 0.123 e. The van der Waals surface area contributed by atoms with Gasteiger partial charge in [-0.25, -0.2) is 0 Å². The predicted molar refractivity (Wildman–Crippen MR) is 123 cm³/mol. The average Bonchev–Trinajstić information content (AvgIpc) is 2.99. The third kappa shape index (κ3) is 3.52. The first-order chi connectivity index (χ1) is 13.3. The Morgan fingerprint density at radius 1 is 1.00 bits per heavy atom. The normalized spacial score (nSPS) is 46.5. The minimum Gasteiger partial charge on any atom is -0.123 e. The Morgan fingerprint density at radius 3 is 2.54 bits per heavy atom. The zero-order valence-corrected chi connectivity index (χ0v) is 20.0. The molecule has 3 fully saturated rings. The van der Waals surface area contributed by atoms with Crippen LogP contribution in [0.25, 0.3) is 0 Å². The second kappa shape index (κ2) is 7.94. The molecule has 0 aromatic rings. The summed E-state index contributed by atoms with van der Waals surface area (Å²) in [5, 5.41) is 0.396. The molecular weight excluding hydrogens is 360 g/mol. The van der Waals surface area contributed by atoms with Gasteiger partial charge >= 0.3 is 0 Å². The van der Waals surface area contributed by atoms with Crippen molar-refractivity contribution >= 4 is 11.6 Å². The highest BCUT2D eigenvalue weighted by Crippen LogP contribution is 2.67. The van der Waals surface area contributed by atoms with Gasteiger partial charge in [-0.15, -0.1) is 11.6 Å². The molecule has 8 atom stereocenters. The van der Waals surface area contributed by atoms with Crippen molar-refractivity contribution in [3.05, 3.63) is 11.6 Å². The molecule has 0 nitrogen and oxygen atoms in total. The number of allylic oxidation sites excluding steroid dienone is 2. The topological polar surface area (TPSA) is 0 Å². The van der Waals surface area contributed by atoms with E-state index in [0.29, 0.717) is 16.2 Å². The summed E-state index contributed by atoms with van der Waals surface area (Å²) >= 11 is 6.56. The van der Waals surface area contributed by atoms with E-state index in [4.69, 9.17) is 11.6 Å². The van der Waals surface area contributed by atoms with Crippen LogP contribution in [-0.4, -0.2) is 5.38 Å². The van der Waals surface area contributed by atoms with Crippen molar-refractivity contribution < 1.29 is 0 Å². The van der Waals surface area contributed by atoms with Gasteiger partial charge < -0.3 is 0 Å². The molecule has 8 unspecified atom stereocenters. The molecule has 4 aliphatic carbocycles. The molecule has 0 spiro atoms. The van der Waals surface area contributed by atoms with E-state index in [2.05, 4.69) is 40.7 Å². The van der Waals surface area contributed by atoms with Crippen LogP contribution in [0.5, 0.6) is 0 Å². The van der Waals surface area contributed by atoms with Gasteiger partial charge in [0.05, 0.1) is 0 Å². The van der Waals surface area contributed by atoms with Gasteiger partial charge in [-0.2, -0.15) is 0 Å². The van der Waals surface area contributed by atoms with Crippen LogP contribution in [0.2, 0.25) is 0 Å². The Labute approximate surface area is 180 Å². The number of hydrogen-bond acceptors (Lipinski definition) is 0. The summed E-state index contributed by atoms with van der Waals surface area (Å²) in [7, 11) is 0. The lowest BCUT2D eigenvalue weighted by molar-refractivity contribution is -0.0498. The number of fused-ring (bicyclic) bond motifs is 5. The third-order valence-corrected chi connectivity index (χ3v) is 10.6. The lowest BCUT2D eigenvalue weighted by Crippen LogP contribution is -2.50. The fourth-order valence-corrected chi connectivity index (χ4v) is 8.92. The van der Waals surface area contributed by atoms with E-state index in [-0.39, 0.29) is 0 Å². The van der Waals surface area contributed by atoms with E-state index in [0.717, 1.165) is 35.5 Å². The number of hydrogen-bond donors (Lipinski definition) is 0. The van der Waals surface area contributed by atoms with Crippen LogP contribution >= 0.6 is 11.6 Å². The van der Waals surface area contributed by atoms with Crippen molar-refractivity contribution in [2.45, 2.75) is 111 Å². The van der Waals surface area contributed by atoms with E-state index in [1.807, 2.05) is 0 Å². The molecule has 3 saturated carbocycles. The van der Waals surface area contributed by atoms with E-state index in [9.17, 15) is 0 Å². The fourth-order valence-electron chi connectivity index (χ4n) is 8.64. The van der Waals surface area contributed by atoms with Crippen molar-refractivity contribution in [2.75, 3.05) is 0 Å². The quantitative estimate of drug-likeness (QED) is 0.317. The van der Waals surface area contributed by atoms with Gasteiger partial charge in [-0.3, -0.25) is 0 Å². The van der Waals surface area contributed by atoms with Gasteiger partial charge in [0.25, 0.3) is 0 Å². The van der Waals surface area contributed by atoms with Crippen LogP contribution in [0.1, 0.15) is 105 Å². The van der Waals surface area contributed by atoms with E-state index in [1.54, 1.807) is 5.57 Å². The molecule has 0 radical (unpaired) electrons. The standard InChI is InChI=1S/C27H45Cl/c1-18(2)7-6-8-19(3)23-11-12-24-22-10-9-20-17-21(28)13-15-26(20,4)25(22)14-16-27(23,24)5/h9,18-19,21-25H,6-8,10-17H2,1-5H3. The second-order valence-electron chi connectivity index (χ2n) is 12.1.